The second kappa shape index (κ2) is 6.70. The fourth-order valence-corrected chi connectivity index (χ4v) is 3.68. The van der Waals surface area contributed by atoms with Crippen LogP contribution in [0.15, 0.2) is 23.1 Å². The molecule has 0 saturated carbocycles. The predicted molar refractivity (Wildman–Crippen MR) is 78.8 cm³/mol. The minimum Gasteiger partial charge on any atom is -0.329 e. The van der Waals surface area contributed by atoms with Crippen LogP contribution in [0.25, 0.3) is 0 Å². The second-order valence-corrected chi connectivity index (χ2v) is 7.21. The molecule has 0 bridgehead atoms. The van der Waals surface area contributed by atoms with Crippen LogP contribution in [0.4, 0.5) is 0 Å². The zero-order valence-corrected chi connectivity index (χ0v) is 13.1. The van der Waals surface area contributed by atoms with Gasteiger partial charge in [-0.25, -0.2) is 13.1 Å². The molecule has 19 heavy (non-hydrogen) atoms. The first kappa shape index (κ1) is 16.4. The smallest absolute Gasteiger partial charge is 0.241 e. The molecule has 1 unspecified atom stereocenters. The zero-order valence-electron chi connectivity index (χ0n) is 11.5. The summed E-state index contributed by atoms with van der Waals surface area (Å²) in [6.07, 6.45) is 0.704. The Morgan fingerprint density at radius 2 is 2.00 bits per heavy atom. The van der Waals surface area contributed by atoms with Crippen molar-refractivity contribution in [3.63, 3.8) is 0 Å². The van der Waals surface area contributed by atoms with Gasteiger partial charge in [-0.3, -0.25) is 0 Å². The normalized spacial score (nSPS) is 13.8. The van der Waals surface area contributed by atoms with Crippen molar-refractivity contribution in [2.24, 2.45) is 11.7 Å². The van der Waals surface area contributed by atoms with Crippen molar-refractivity contribution < 1.29 is 8.42 Å². The number of aryl methyl sites for hydroxylation is 1. The third kappa shape index (κ3) is 4.76. The third-order valence-corrected chi connectivity index (χ3v) is 4.70. The summed E-state index contributed by atoms with van der Waals surface area (Å²) in [5.74, 6) is 0.372. The van der Waals surface area contributed by atoms with E-state index in [9.17, 15) is 8.42 Å². The van der Waals surface area contributed by atoms with Crippen molar-refractivity contribution in [1.29, 1.82) is 0 Å². The highest BCUT2D eigenvalue weighted by Gasteiger charge is 2.21. The summed E-state index contributed by atoms with van der Waals surface area (Å²) in [4.78, 5) is 0.210. The Bertz CT molecular complexity index is 529. The average Bonchev–Trinajstić information content (AvgIpc) is 2.30. The van der Waals surface area contributed by atoms with Gasteiger partial charge < -0.3 is 5.73 Å². The minimum atomic E-state index is -3.58. The molecule has 0 saturated heterocycles. The van der Waals surface area contributed by atoms with Crippen LogP contribution in [-0.2, 0) is 10.0 Å². The summed E-state index contributed by atoms with van der Waals surface area (Å²) in [7, 11) is -3.58. The lowest BCUT2D eigenvalue weighted by Gasteiger charge is -2.19. The molecule has 6 heteroatoms. The third-order valence-electron chi connectivity index (χ3n) is 2.80. The molecular formula is C13H21ClN2O2S. The van der Waals surface area contributed by atoms with Crippen LogP contribution in [0.3, 0.4) is 0 Å². The molecule has 108 valence electrons. The maximum absolute atomic E-state index is 12.3. The molecule has 0 aliphatic rings. The number of hydrogen-bond donors (Lipinski definition) is 2. The van der Waals surface area contributed by atoms with E-state index in [-0.39, 0.29) is 17.5 Å². The van der Waals surface area contributed by atoms with E-state index in [1.165, 1.54) is 6.07 Å². The van der Waals surface area contributed by atoms with E-state index < -0.39 is 10.0 Å². The van der Waals surface area contributed by atoms with E-state index in [1.54, 1.807) is 19.1 Å². The Morgan fingerprint density at radius 1 is 1.37 bits per heavy atom. The molecular weight excluding hydrogens is 284 g/mol. The topological polar surface area (TPSA) is 72.2 Å². The highest BCUT2D eigenvalue weighted by atomic mass is 35.5. The molecule has 0 radical (unpaired) electrons. The Hall–Kier alpha value is -0.620. The lowest BCUT2D eigenvalue weighted by Crippen LogP contribution is -2.41. The van der Waals surface area contributed by atoms with E-state index in [0.717, 1.165) is 0 Å². The molecule has 0 heterocycles. The number of rotatable bonds is 6. The summed E-state index contributed by atoms with van der Waals surface area (Å²) in [6.45, 7) is 6.07. The molecule has 1 aromatic rings. The van der Waals surface area contributed by atoms with E-state index in [4.69, 9.17) is 17.3 Å². The SMILES string of the molecule is Cc1ccc(Cl)cc1S(=O)(=O)NC(CN)CC(C)C. The van der Waals surface area contributed by atoms with Gasteiger partial charge in [0, 0.05) is 17.6 Å². The highest BCUT2D eigenvalue weighted by molar-refractivity contribution is 7.89. The molecule has 0 aromatic heterocycles. The maximum Gasteiger partial charge on any atom is 0.241 e. The van der Waals surface area contributed by atoms with Crippen LogP contribution < -0.4 is 10.5 Å². The monoisotopic (exact) mass is 304 g/mol. The Labute approximate surface area is 120 Å². The molecule has 0 aliphatic carbocycles. The van der Waals surface area contributed by atoms with Crippen LogP contribution in [0.2, 0.25) is 5.02 Å². The molecule has 1 rings (SSSR count). The fourth-order valence-electron chi connectivity index (χ4n) is 1.91. The summed E-state index contributed by atoms with van der Waals surface area (Å²) in [5.41, 5.74) is 6.29. The summed E-state index contributed by atoms with van der Waals surface area (Å²) in [5, 5.41) is 0.402. The second-order valence-electron chi connectivity index (χ2n) is 5.09. The Kier molecular flexibility index (Phi) is 5.80. The lowest BCUT2D eigenvalue weighted by atomic mass is 10.1. The molecule has 4 nitrogen and oxygen atoms in total. The van der Waals surface area contributed by atoms with Crippen LogP contribution >= 0.6 is 11.6 Å². The van der Waals surface area contributed by atoms with Gasteiger partial charge in [-0.1, -0.05) is 31.5 Å². The van der Waals surface area contributed by atoms with Crippen LogP contribution in [0.5, 0.6) is 0 Å². The Morgan fingerprint density at radius 3 is 2.53 bits per heavy atom. The van der Waals surface area contributed by atoms with Crippen LogP contribution in [0.1, 0.15) is 25.8 Å². The van der Waals surface area contributed by atoms with Gasteiger partial charge in [0.1, 0.15) is 0 Å². The number of halogens is 1. The van der Waals surface area contributed by atoms with Gasteiger partial charge in [0.25, 0.3) is 0 Å². The standard InChI is InChI=1S/C13H21ClN2O2S/c1-9(2)6-12(8-15)16-19(17,18)13-7-11(14)5-4-10(13)3/h4-5,7,9,12,16H,6,8,15H2,1-3H3. The number of sulfonamides is 1. The summed E-state index contributed by atoms with van der Waals surface area (Å²) >= 11 is 5.86. The van der Waals surface area contributed by atoms with Crippen molar-refractivity contribution in [2.75, 3.05) is 6.54 Å². The highest BCUT2D eigenvalue weighted by Crippen LogP contribution is 2.20. The molecule has 1 aromatic carbocycles. The van der Waals surface area contributed by atoms with Crippen molar-refractivity contribution >= 4 is 21.6 Å². The van der Waals surface area contributed by atoms with Crippen LogP contribution in [-0.4, -0.2) is 21.0 Å². The number of nitrogens with two attached hydrogens (primary N) is 1. The summed E-state index contributed by atoms with van der Waals surface area (Å²) < 4.78 is 27.3. The first-order chi connectivity index (χ1) is 8.76. The number of benzene rings is 1. The van der Waals surface area contributed by atoms with Crippen molar-refractivity contribution in [1.82, 2.24) is 4.72 Å². The quantitative estimate of drug-likeness (QED) is 0.847. The molecule has 0 aliphatic heterocycles. The summed E-state index contributed by atoms with van der Waals surface area (Å²) in [6, 6.07) is 4.56. The van der Waals surface area contributed by atoms with E-state index in [0.29, 0.717) is 22.9 Å². The van der Waals surface area contributed by atoms with Crippen molar-refractivity contribution in [3.05, 3.63) is 28.8 Å². The van der Waals surface area contributed by atoms with Gasteiger partial charge >= 0.3 is 0 Å². The van der Waals surface area contributed by atoms with E-state index in [1.807, 2.05) is 13.8 Å². The number of nitrogens with one attached hydrogen (secondary N) is 1. The van der Waals surface area contributed by atoms with Gasteiger partial charge in [0.15, 0.2) is 0 Å². The van der Waals surface area contributed by atoms with E-state index in [2.05, 4.69) is 4.72 Å². The van der Waals surface area contributed by atoms with Crippen molar-refractivity contribution in [3.8, 4) is 0 Å². The largest absolute Gasteiger partial charge is 0.329 e. The van der Waals surface area contributed by atoms with E-state index >= 15 is 0 Å². The average molecular weight is 305 g/mol. The first-order valence-corrected chi connectivity index (χ1v) is 8.11. The molecule has 0 amide bonds. The zero-order chi connectivity index (χ0) is 14.6. The van der Waals surface area contributed by atoms with Gasteiger partial charge in [-0.05, 0) is 37.0 Å². The first-order valence-electron chi connectivity index (χ1n) is 6.24. The molecule has 1 atom stereocenters. The van der Waals surface area contributed by atoms with Gasteiger partial charge in [0.05, 0.1) is 4.90 Å². The van der Waals surface area contributed by atoms with Crippen LogP contribution in [0, 0.1) is 12.8 Å². The van der Waals surface area contributed by atoms with Gasteiger partial charge in [0.2, 0.25) is 10.0 Å². The van der Waals surface area contributed by atoms with Gasteiger partial charge in [-0.2, -0.15) is 0 Å². The molecule has 3 N–H and O–H groups in total. The van der Waals surface area contributed by atoms with Crippen molar-refractivity contribution in [2.45, 2.75) is 38.1 Å². The predicted octanol–water partition coefficient (Wildman–Crippen LogP) is 2.30. The molecule has 0 fully saturated rings. The fraction of sp³-hybridized carbons (Fsp3) is 0.538. The maximum atomic E-state index is 12.3. The molecule has 0 spiro atoms. The number of hydrogen-bond acceptors (Lipinski definition) is 3. The minimum absolute atomic E-state index is 0.210. The Balaban J connectivity index is 3.00. The lowest BCUT2D eigenvalue weighted by molar-refractivity contribution is 0.465. The van der Waals surface area contributed by atoms with Gasteiger partial charge in [-0.15, -0.1) is 0 Å².